The van der Waals surface area contributed by atoms with Gasteiger partial charge in [-0.25, -0.2) is 0 Å². The van der Waals surface area contributed by atoms with Crippen LogP contribution in [0.4, 0.5) is 5.69 Å². The first-order valence-electron chi connectivity index (χ1n) is 7.35. The van der Waals surface area contributed by atoms with Crippen LogP contribution in [-0.2, 0) is 4.79 Å². The number of amides is 1. The molecule has 3 nitrogen and oxygen atoms in total. The third-order valence-electron chi connectivity index (χ3n) is 3.36. The summed E-state index contributed by atoms with van der Waals surface area (Å²) >= 11 is 8.94. The molecule has 0 saturated carbocycles. The van der Waals surface area contributed by atoms with E-state index in [0.29, 0.717) is 15.8 Å². The molecular weight excluding hydrogens is 453 g/mol. The lowest BCUT2D eigenvalue weighted by Crippen LogP contribution is -2.27. The molecule has 0 radical (unpaired) electrons. The summed E-state index contributed by atoms with van der Waals surface area (Å²) in [6.07, 6.45) is 1.88. The normalized spacial score (nSPS) is 16.1. The Bertz CT molecular complexity index is 821. The zero-order chi connectivity index (χ0) is 17.1. The predicted molar refractivity (Wildman–Crippen MR) is 112 cm³/mol. The Balaban J connectivity index is 1.88. The number of para-hydroxylation sites is 1. The summed E-state index contributed by atoms with van der Waals surface area (Å²) in [5.74, 6) is 0.771. The summed E-state index contributed by atoms with van der Waals surface area (Å²) in [5, 5.41) is 0. The predicted octanol–water partition coefficient (Wildman–Crippen LogP) is 5.10. The Morgan fingerprint density at radius 3 is 2.67 bits per heavy atom. The number of rotatable bonds is 4. The number of halogens is 1. The highest BCUT2D eigenvalue weighted by atomic mass is 127. The molecule has 1 aliphatic heterocycles. The van der Waals surface area contributed by atoms with Gasteiger partial charge in [-0.05, 0) is 65.4 Å². The Kier molecular flexibility index (Phi) is 5.57. The molecule has 6 heteroatoms. The number of benzene rings is 2. The van der Waals surface area contributed by atoms with Crippen LogP contribution in [0.25, 0.3) is 6.08 Å². The van der Waals surface area contributed by atoms with Crippen molar-refractivity contribution in [1.82, 2.24) is 0 Å². The highest BCUT2D eigenvalue weighted by Gasteiger charge is 2.33. The summed E-state index contributed by atoms with van der Waals surface area (Å²) < 4.78 is 7.11. The van der Waals surface area contributed by atoms with Gasteiger partial charge < -0.3 is 4.74 Å². The number of carbonyl (C=O) groups is 1. The molecule has 3 rings (SSSR count). The van der Waals surface area contributed by atoms with Crippen molar-refractivity contribution >= 4 is 68.6 Å². The molecule has 0 atom stereocenters. The second kappa shape index (κ2) is 7.67. The second-order valence-electron chi connectivity index (χ2n) is 4.98. The van der Waals surface area contributed by atoms with Crippen molar-refractivity contribution in [2.24, 2.45) is 0 Å². The number of hydrogen-bond acceptors (Lipinski definition) is 4. The number of ether oxygens (including phenoxy) is 1. The second-order valence-corrected chi connectivity index (χ2v) is 7.81. The summed E-state index contributed by atoms with van der Waals surface area (Å²) in [5.41, 5.74) is 1.75. The largest absolute Gasteiger partial charge is 0.493 e. The molecule has 1 fully saturated rings. The van der Waals surface area contributed by atoms with Crippen molar-refractivity contribution in [3.8, 4) is 5.75 Å². The van der Waals surface area contributed by atoms with E-state index in [-0.39, 0.29) is 5.91 Å². The molecule has 1 saturated heterocycles. The van der Waals surface area contributed by atoms with Crippen LogP contribution >= 0.6 is 46.6 Å². The van der Waals surface area contributed by atoms with Crippen molar-refractivity contribution in [2.75, 3.05) is 11.5 Å². The Morgan fingerprint density at radius 2 is 2.00 bits per heavy atom. The average molecular weight is 467 g/mol. The first kappa shape index (κ1) is 17.4. The van der Waals surface area contributed by atoms with Crippen LogP contribution in [0.5, 0.6) is 5.75 Å². The number of thiocarbonyl (C=S) groups is 1. The maximum Gasteiger partial charge on any atom is 0.270 e. The molecule has 0 N–H and O–H groups in total. The Hall–Kier alpha value is -1.38. The molecule has 0 aliphatic carbocycles. The lowest BCUT2D eigenvalue weighted by atomic mass is 10.2. The van der Waals surface area contributed by atoms with Gasteiger partial charge in [-0.2, -0.15) is 0 Å². The highest BCUT2D eigenvalue weighted by Crippen LogP contribution is 2.36. The molecule has 0 bridgehead atoms. The van der Waals surface area contributed by atoms with Crippen LogP contribution in [-0.4, -0.2) is 16.8 Å². The van der Waals surface area contributed by atoms with E-state index < -0.39 is 0 Å². The minimum Gasteiger partial charge on any atom is -0.493 e. The van der Waals surface area contributed by atoms with Gasteiger partial charge in [0.2, 0.25) is 0 Å². The molecule has 2 aromatic carbocycles. The molecule has 122 valence electrons. The van der Waals surface area contributed by atoms with Gasteiger partial charge in [0.25, 0.3) is 5.91 Å². The maximum absolute atomic E-state index is 12.7. The van der Waals surface area contributed by atoms with Crippen LogP contribution in [0.15, 0.2) is 53.4 Å². The van der Waals surface area contributed by atoms with Crippen LogP contribution in [0.2, 0.25) is 0 Å². The van der Waals surface area contributed by atoms with Gasteiger partial charge in [0.05, 0.1) is 20.8 Å². The summed E-state index contributed by atoms with van der Waals surface area (Å²) in [4.78, 5) is 14.9. The van der Waals surface area contributed by atoms with Crippen LogP contribution in [0.1, 0.15) is 12.5 Å². The van der Waals surface area contributed by atoms with Crippen LogP contribution < -0.4 is 9.64 Å². The fraction of sp³-hybridized carbons (Fsp3) is 0.111. The van der Waals surface area contributed by atoms with Crippen LogP contribution in [0.3, 0.4) is 0 Å². The SMILES string of the molecule is CCOc1ccc(/C=C2/SC(=S)N(c3ccccc3)C2=O)cc1I. The van der Waals surface area contributed by atoms with E-state index >= 15 is 0 Å². The third kappa shape index (κ3) is 3.65. The molecule has 0 unspecified atom stereocenters. The zero-order valence-corrected chi connectivity index (χ0v) is 16.7. The number of anilines is 1. The molecule has 0 aromatic heterocycles. The minimum atomic E-state index is -0.0832. The standard InChI is InChI=1S/C18H14INO2S2/c1-2-22-15-9-8-12(10-14(15)19)11-16-17(21)20(18(23)24-16)13-6-4-3-5-7-13/h3-11H,2H2,1H3/b16-11+. The van der Waals surface area contributed by atoms with E-state index in [1.54, 1.807) is 4.90 Å². The minimum absolute atomic E-state index is 0.0832. The van der Waals surface area contributed by atoms with Crippen LogP contribution in [0, 0.1) is 3.57 Å². The number of thioether (sulfide) groups is 1. The van der Waals surface area contributed by atoms with Gasteiger partial charge in [0, 0.05) is 0 Å². The molecular formula is C18H14INO2S2. The van der Waals surface area contributed by atoms with E-state index in [2.05, 4.69) is 22.6 Å². The lowest BCUT2D eigenvalue weighted by Gasteiger charge is -2.13. The number of carbonyl (C=O) groups excluding carboxylic acids is 1. The Labute approximate surface area is 164 Å². The highest BCUT2D eigenvalue weighted by molar-refractivity contribution is 14.1. The molecule has 1 heterocycles. The maximum atomic E-state index is 12.7. The average Bonchev–Trinajstić information content (AvgIpc) is 2.85. The summed E-state index contributed by atoms with van der Waals surface area (Å²) in [6.45, 7) is 2.59. The van der Waals surface area contributed by atoms with Crippen molar-refractivity contribution in [1.29, 1.82) is 0 Å². The number of hydrogen-bond donors (Lipinski definition) is 0. The Morgan fingerprint density at radius 1 is 1.25 bits per heavy atom. The van der Waals surface area contributed by atoms with Crippen molar-refractivity contribution in [2.45, 2.75) is 6.92 Å². The molecule has 0 spiro atoms. The van der Waals surface area contributed by atoms with Gasteiger partial charge in [0.15, 0.2) is 4.32 Å². The van der Waals surface area contributed by atoms with Gasteiger partial charge in [-0.15, -0.1) is 0 Å². The first-order chi connectivity index (χ1) is 11.6. The fourth-order valence-corrected chi connectivity index (χ4v) is 4.29. The van der Waals surface area contributed by atoms with E-state index in [0.717, 1.165) is 20.6 Å². The topological polar surface area (TPSA) is 29.5 Å². The zero-order valence-electron chi connectivity index (χ0n) is 12.9. The van der Waals surface area contributed by atoms with Gasteiger partial charge >= 0.3 is 0 Å². The molecule has 1 amide bonds. The monoisotopic (exact) mass is 467 g/mol. The molecule has 1 aliphatic rings. The van der Waals surface area contributed by atoms with Crippen molar-refractivity contribution in [3.05, 3.63) is 62.6 Å². The van der Waals surface area contributed by atoms with Gasteiger partial charge in [-0.1, -0.05) is 48.2 Å². The quantitative estimate of drug-likeness (QED) is 0.356. The van der Waals surface area contributed by atoms with Crippen molar-refractivity contribution in [3.63, 3.8) is 0 Å². The van der Waals surface area contributed by atoms with Gasteiger partial charge in [-0.3, -0.25) is 9.69 Å². The first-order valence-corrected chi connectivity index (χ1v) is 9.66. The smallest absolute Gasteiger partial charge is 0.270 e. The van der Waals surface area contributed by atoms with E-state index in [9.17, 15) is 4.79 Å². The molecule has 2 aromatic rings. The van der Waals surface area contributed by atoms with E-state index in [1.807, 2.05) is 61.5 Å². The lowest BCUT2D eigenvalue weighted by molar-refractivity contribution is -0.113. The summed E-state index contributed by atoms with van der Waals surface area (Å²) in [7, 11) is 0. The van der Waals surface area contributed by atoms with E-state index in [4.69, 9.17) is 17.0 Å². The van der Waals surface area contributed by atoms with Crippen molar-refractivity contribution < 1.29 is 9.53 Å². The number of nitrogens with zero attached hydrogens (tertiary/aromatic N) is 1. The molecule has 24 heavy (non-hydrogen) atoms. The summed E-state index contributed by atoms with van der Waals surface area (Å²) in [6, 6.07) is 15.3. The third-order valence-corrected chi connectivity index (χ3v) is 5.51. The fourth-order valence-electron chi connectivity index (χ4n) is 2.30. The van der Waals surface area contributed by atoms with E-state index in [1.165, 1.54) is 11.8 Å². The van der Waals surface area contributed by atoms with Gasteiger partial charge in [0.1, 0.15) is 5.75 Å².